The van der Waals surface area contributed by atoms with Crippen LogP contribution in [0, 0.1) is 5.92 Å². The molecule has 0 aromatic heterocycles. The molecule has 100 valence electrons. The van der Waals surface area contributed by atoms with Gasteiger partial charge in [0.25, 0.3) is 0 Å². The Bertz CT molecular complexity index is 233. The average Bonchev–Trinajstić information content (AvgIpc) is 2.36. The molecule has 0 heterocycles. The van der Waals surface area contributed by atoms with Gasteiger partial charge >= 0.3 is 5.97 Å². The topological polar surface area (TPSA) is 58.6 Å². The van der Waals surface area contributed by atoms with E-state index in [1.54, 1.807) is 0 Å². The number of esters is 1. The first-order valence-corrected chi connectivity index (χ1v) is 6.75. The van der Waals surface area contributed by atoms with Crippen molar-refractivity contribution in [2.24, 2.45) is 5.92 Å². The van der Waals surface area contributed by atoms with Gasteiger partial charge in [0, 0.05) is 12.6 Å². The minimum absolute atomic E-state index is 0.0416. The molecule has 1 aliphatic carbocycles. The molecular formula is C13H25NO3. The van der Waals surface area contributed by atoms with Crippen molar-refractivity contribution >= 4 is 5.97 Å². The number of rotatable bonds is 6. The second-order valence-corrected chi connectivity index (χ2v) is 4.78. The van der Waals surface area contributed by atoms with Crippen LogP contribution in [0.5, 0.6) is 0 Å². The van der Waals surface area contributed by atoms with Crippen LogP contribution < -0.4 is 5.32 Å². The van der Waals surface area contributed by atoms with E-state index in [9.17, 15) is 9.90 Å². The van der Waals surface area contributed by atoms with E-state index in [-0.39, 0.29) is 18.0 Å². The van der Waals surface area contributed by atoms with Crippen molar-refractivity contribution in [2.45, 2.75) is 58.1 Å². The number of aliphatic hydroxyl groups excluding tert-OH is 1. The van der Waals surface area contributed by atoms with Crippen molar-refractivity contribution in [1.82, 2.24) is 5.32 Å². The van der Waals surface area contributed by atoms with Gasteiger partial charge in [0.15, 0.2) is 0 Å². The summed E-state index contributed by atoms with van der Waals surface area (Å²) < 4.78 is 5.06. The van der Waals surface area contributed by atoms with Gasteiger partial charge in [-0.25, -0.2) is 0 Å². The number of hydrogen-bond acceptors (Lipinski definition) is 4. The third-order valence-corrected chi connectivity index (χ3v) is 3.41. The highest BCUT2D eigenvalue weighted by Gasteiger charge is 2.28. The third-order valence-electron chi connectivity index (χ3n) is 3.41. The molecule has 4 nitrogen and oxygen atoms in total. The molecule has 3 unspecified atom stereocenters. The lowest BCUT2D eigenvalue weighted by Gasteiger charge is -2.29. The predicted molar refractivity (Wildman–Crippen MR) is 66.7 cm³/mol. The molecule has 4 heteroatoms. The summed E-state index contributed by atoms with van der Waals surface area (Å²) in [6.07, 6.45) is 4.41. The van der Waals surface area contributed by atoms with E-state index < -0.39 is 0 Å². The number of aliphatic hydroxyl groups is 1. The van der Waals surface area contributed by atoms with Crippen LogP contribution in [0.2, 0.25) is 0 Å². The van der Waals surface area contributed by atoms with E-state index in [1.807, 2.05) is 13.8 Å². The molecular weight excluding hydrogens is 218 g/mol. The Kier molecular flexibility index (Phi) is 6.52. The first-order chi connectivity index (χ1) is 8.17. The van der Waals surface area contributed by atoms with Gasteiger partial charge in [-0.3, -0.25) is 4.79 Å². The summed E-state index contributed by atoms with van der Waals surface area (Å²) in [6, 6.07) is 0.347. The smallest absolute Gasteiger partial charge is 0.308 e. The maximum atomic E-state index is 11.6. The Balaban J connectivity index is 2.30. The van der Waals surface area contributed by atoms with Gasteiger partial charge in [-0.15, -0.1) is 0 Å². The van der Waals surface area contributed by atoms with Crippen molar-refractivity contribution in [3.05, 3.63) is 0 Å². The molecule has 0 aromatic carbocycles. The highest BCUT2D eigenvalue weighted by molar-refractivity contribution is 5.72. The molecule has 0 aromatic rings. The second-order valence-electron chi connectivity index (χ2n) is 4.78. The molecule has 1 rings (SSSR count). The largest absolute Gasteiger partial charge is 0.466 e. The zero-order valence-corrected chi connectivity index (χ0v) is 10.9. The number of ether oxygens (including phenoxy) is 1. The van der Waals surface area contributed by atoms with E-state index in [0.29, 0.717) is 19.2 Å². The first kappa shape index (κ1) is 14.5. The fourth-order valence-electron chi connectivity index (χ4n) is 2.30. The van der Waals surface area contributed by atoms with E-state index in [4.69, 9.17) is 4.74 Å². The van der Waals surface area contributed by atoms with E-state index >= 15 is 0 Å². The van der Waals surface area contributed by atoms with Gasteiger partial charge in [-0.1, -0.05) is 13.3 Å². The molecule has 1 saturated carbocycles. The van der Waals surface area contributed by atoms with Crippen LogP contribution in [0.15, 0.2) is 0 Å². The van der Waals surface area contributed by atoms with Gasteiger partial charge < -0.3 is 15.2 Å². The molecule has 17 heavy (non-hydrogen) atoms. The number of nitrogens with one attached hydrogen (secondary N) is 1. The molecule has 0 amide bonds. The van der Waals surface area contributed by atoms with Gasteiger partial charge in [0.1, 0.15) is 0 Å². The number of hydrogen-bond donors (Lipinski definition) is 2. The van der Waals surface area contributed by atoms with Crippen molar-refractivity contribution < 1.29 is 14.6 Å². The van der Waals surface area contributed by atoms with Gasteiger partial charge in [0.05, 0.1) is 18.6 Å². The fourth-order valence-corrected chi connectivity index (χ4v) is 2.30. The lowest BCUT2D eigenvalue weighted by molar-refractivity contribution is -0.149. The lowest BCUT2D eigenvalue weighted by atomic mass is 9.85. The summed E-state index contributed by atoms with van der Waals surface area (Å²) in [5.41, 5.74) is 0. The summed E-state index contributed by atoms with van der Waals surface area (Å²) in [6.45, 7) is 4.89. The van der Waals surface area contributed by atoms with Crippen LogP contribution in [0.3, 0.4) is 0 Å². The SMILES string of the molecule is CCOC(=O)C1CCCC(NCC(O)CC)C1. The van der Waals surface area contributed by atoms with Crippen molar-refractivity contribution in [1.29, 1.82) is 0 Å². The maximum absolute atomic E-state index is 11.6. The summed E-state index contributed by atoms with van der Waals surface area (Å²) in [5, 5.41) is 12.8. The summed E-state index contributed by atoms with van der Waals surface area (Å²) in [4.78, 5) is 11.6. The normalized spacial score (nSPS) is 26.5. The Morgan fingerprint density at radius 2 is 2.24 bits per heavy atom. The minimum Gasteiger partial charge on any atom is -0.466 e. The zero-order chi connectivity index (χ0) is 12.7. The Morgan fingerprint density at radius 3 is 2.88 bits per heavy atom. The molecule has 0 aliphatic heterocycles. The molecule has 1 aliphatic rings. The molecule has 0 saturated heterocycles. The van der Waals surface area contributed by atoms with Crippen LogP contribution in [0.1, 0.15) is 46.0 Å². The van der Waals surface area contributed by atoms with Crippen molar-refractivity contribution in [3.63, 3.8) is 0 Å². The lowest BCUT2D eigenvalue weighted by Crippen LogP contribution is -2.40. The van der Waals surface area contributed by atoms with Crippen LogP contribution in [-0.4, -0.2) is 36.4 Å². The van der Waals surface area contributed by atoms with Crippen LogP contribution >= 0.6 is 0 Å². The molecule has 1 fully saturated rings. The molecule has 0 bridgehead atoms. The van der Waals surface area contributed by atoms with E-state index in [0.717, 1.165) is 32.1 Å². The average molecular weight is 243 g/mol. The van der Waals surface area contributed by atoms with E-state index in [1.165, 1.54) is 0 Å². The van der Waals surface area contributed by atoms with Gasteiger partial charge in [-0.2, -0.15) is 0 Å². The van der Waals surface area contributed by atoms with Crippen LogP contribution in [0.25, 0.3) is 0 Å². The van der Waals surface area contributed by atoms with Crippen molar-refractivity contribution in [3.8, 4) is 0 Å². The van der Waals surface area contributed by atoms with Crippen LogP contribution in [0.4, 0.5) is 0 Å². The predicted octanol–water partition coefficient (Wildman–Crippen LogP) is 1.47. The maximum Gasteiger partial charge on any atom is 0.308 e. The molecule has 0 radical (unpaired) electrons. The highest BCUT2D eigenvalue weighted by Crippen LogP contribution is 2.25. The standard InChI is InChI=1S/C13H25NO3/c1-3-12(15)9-14-11-7-5-6-10(8-11)13(16)17-4-2/h10-12,14-15H,3-9H2,1-2H3. The van der Waals surface area contributed by atoms with Crippen LogP contribution in [-0.2, 0) is 9.53 Å². The number of carbonyl (C=O) groups excluding carboxylic acids is 1. The summed E-state index contributed by atoms with van der Waals surface area (Å²) in [5.74, 6) is -0.0185. The van der Waals surface area contributed by atoms with Gasteiger partial charge in [-0.05, 0) is 32.6 Å². The molecule has 0 spiro atoms. The fraction of sp³-hybridized carbons (Fsp3) is 0.923. The monoisotopic (exact) mass is 243 g/mol. The summed E-state index contributed by atoms with van der Waals surface area (Å²) >= 11 is 0. The quantitative estimate of drug-likeness (QED) is 0.694. The minimum atomic E-state index is -0.280. The second kappa shape index (κ2) is 7.67. The molecule has 2 N–H and O–H groups in total. The summed E-state index contributed by atoms with van der Waals surface area (Å²) in [7, 11) is 0. The molecule has 3 atom stereocenters. The van der Waals surface area contributed by atoms with E-state index in [2.05, 4.69) is 5.32 Å². The highest BCUT2D eigenvalue weighted by atomic mass is 16.5. The third kappa shape index (κ3) is 5.04. The first-order valence-electron chi connectivity index (χ1n) is 6.75. The Labute approximate surface area is 104 Å². The Morgan fingerprint density at radius 1 is 1.47 bits per heavy atom. The zero-order valence-electron chi connectivity index (χ0n) is 10.9. The Hall–Kier alpha value is -0.610. The number of carbonyl (C=O) groups is 1. The van der Waals surface area contributed by atoms with Crippen molar-refractivity contribution in [2.75, 3.05) is 13.2 Å². The van der Waals surface area contributed by atoms with Gasteiger partial charge in [0.2, 0.25) is 0 Å².